The van der Waals surface area contributed by atoms with E-state index in [1.807, 2.05) is 0 Å². The van der Waals surface area contributed by atoms with E-state index in [-0.39, 0.29) is 5.69 Å². The van der Waals surface area contributed by atoms with Crippen LogP contribution in [0.3, 0.4) is 0 Å². The van der Waals surface area contributed by atoms with Gasteiger partial charge in [-0.3, -0.25) is 10.1 Å². The van der Waals surface area contributed by atoms with E-state index in [2.05, 4.69) is 9.97 Å². The third-order valence-electron chi connectivity index (χ3n) is 3.03. The summed E-state index contributed by atoms with van der Waals surface area (Å²) >= 11 is 11.9. The maximum atomic E-state index is 10.9. The summed E-state index contributed by atoms with van der Waals surface area (Å²) < 4.78 is 0. The first-order chi connectivity index (χ1) is 9.95. The number of rotatable bonds is 2. The van der Waals surface area contributed by atoms with E-state index < -0.39 is 4.92 Å². The Balaban J connectivity index is 2.20. The molecule has 0 amide bonds. The third-order valence-corrected chi connectivity index (χ3v) is 3.75. The van der Waals surface area contributed by atoms with Crippen LogP contribution in [0.5, 0.6) is 0 Å². The SMILES string of the molecule is Nc1ccc([N+](=O)[O-])cc1-c1nc2cc(Cl)c(Cl)cc2[nH]1. The van der Waals surface area contributed by atoms with Crippen molar-refractivity contribution in [1.29, 1.82) is 0 Å². The first-order valence-electron chi connectivity index (χ1n) is 5.85. The van der Waals surface area contributed by atoms with Gasteiger partial charge in [0.15, 0.2) is 0 Å². The fourth-order valence-corrected chi connectivity index (χ4v) is 2.32. The van der Waals surface area contributed by atoms with Crippen LogP contribution in [-0.2, 0) is 0 Å². The number of nitro groups is 1. The molecule has 0 spiro atoms. The number of non-ortho nitro benzene ring substituents is 1. The number of imidazole rings is 1. The van der Waals surface area contributed by atoms with Crippen LogP contribution >= 0.6 is 23.2 Å². The number of halogens is 2. The fourth-order valence-electron chi connectivity index (χ4n) is 2.00. The van der Waals surface area contributed by atoms with E-state index in [1.165, 1.54) is 18.2 Å². The topological polar surface area (TPSA) is 97.8 Å². The minimum atomic E-state index is -0.487. The Labute approximate surface area is 128 Å². The van der Waals surface area contributed by atoms with Crippen LogP contribution in [0, 0.1) is 10.1 Å². The number of benzene rings is 2. The average Bonchev–Trinajstić information content (AvgIpc) is 2.82. The summed E-state index contributed by atoms with van der Waals surface area (Å²) in [5.41, 5.74) is 7.92. The molecule has 8 heteroatoms. The van der Waals surface area contributed by atoms with Crippen molar-refractivity contribution in [2.24, 2.45) is 0 Å². The van der Waals surface area contributed by atoms with E-state index in [4.69, 9.17) is 28.9 Å². The highest BCUT2D eigenvalue weighted by Gasteiger charge is 2.14. The van der Waals surface area contributed by atoms with Gasteiger partial charge in [0.25, 0.3) is 5.69 Å². The van der Waals surface area contributed by atoms with Crippen LogP contribution in [0.4, 0.5) is 11.4 Å². The second-order valence-electron chi connectivity index (χ2n) is 4.40. The maximum Gasteiger partial charge on any atom is 0.270 e. The standard InChI is InChI=1S/C13H8Cl2N4O2/c14-8-4-11-12(5-9(8)15)18-13(17-11)7-3-6(19(20)21)1-2-10(7)16/h1-5H,16H2,(H,17,18). The summed E-state index contributed by atoms with van der Waals surface area (Å²) in [6, 6.07) is 7.45. The van der Waals surface area contributed by atoms with Gasteiger partial charge in [-0.2, -0.15) is 0 Å². The third kappa shape index (κ3) is 2.39. The lowest BCUT2D eigenvalue weighted by Gasteiger charge is -2.01. The van der Waals surface area contributed by atoms with Crippen LogP contribution in [0.15, 0.2) is 30.3 Å². The highest BCUT2D eigenvalue weighted by molar-refractivity contribution is 6.42. The quantitative estimate of drug-likeness (QED) is 0.422. The molecule has 2 aromatic carbocycles. The highest BCUT2D eigenvalue weighted by atomic mass is 35.5. The Hall–Kier alpha value is -2.31. The van der Waals surface area contributed by atoms with Gasteiger partial charge in [0, 0.05) is 23.4 Å². The molecule has 0 radical (unpaired) electrons. The number of nitrogens with two attached hydrogens (primary N) is 1. The molecule has 0 aliphatic carbocycles. The Morgan fingerprint density at radius 2 is 1.90 bits per heavy atom. The minimum Gasteiger partial charge on any atom is -0.398 e. The summed E-state index contributed by atoms with van der Waals surface area (Å²) in [6.07, 6.45) is 0. The van der Waals surface area contributed by atoms with Gasteiger partial charge in [-0.15, -0.1) is 0 Å². The Bertz CT molecular complexity index is 837. The molecule has 0 unspecified atom stereocenters. The lowest BCUT2D eigenvalue weighted by Crippen LogP contribution is -1.94. The van der Waals surface area contributed by atoms with Gasteiger partial charge in [-0.1, -0.05) is 23.2 Å². The van der Waals surface area contributed by atoms with Crippen molar-refractivity contribution in [3.63, 3.8) is 0 Å². The molecule has 3 aromatic rings. The van der Waals surface area contributed by atoms with Gasteiger partial charge in [0.2, 0.25) is 0 Å². The van der Waals surface area contributed by atoms with Crippen molar-refractivity contribution in [2.75, 3.05) is 5.73 Å². The van der Waals surface area contributed by atoms with Crippen molar-refractivity contribution in [1.82, 2.24) is 9.97 Å². The van der Waals surface area contributed by atoms with E-state index in [9.17, 15) is 10.1 Å². The van der Waals surface area contributed by atoms with Gasteiger partial charge in [0.05, 0.1) is 26.0 Å². The predicted octanol–water partition coefficient (Wildman–Crippen LogP) is 4.03. The molecule has 0 aliphatic rings. The zero-order valence-electron chi connectivity index (χ0n) is 10.4. The van der Waals surface area contributed by atoms with Crippen molar-refractivity contribution in [3.8, 4) is 11.4 Å². The van der Waals surface area contributed by atoms with Gasteiger partial charge < -0.3 is 10.7 Å². The number of nitrogen functional groups attached to an aromatic ring is 1. The molecular weight excluding hydrogens is 315 g/mol. The van der Waals surface area contributed by atoms with Crippen LogP contribution in [0.25, 0.3) is 22.4 Å². The number of aromatic amines is 1. The number of nitrogens with one attached hydrogen (secondary N) is 1. The van der Waals surface area contributed by atoms with Crippen molar-refractivity contribution >= 4 is 45.6 Å². The zero-order chi connectivity index (χ0) is 15.1. The van der Waals surface area contributed by atoms with Crippen LogP contribution in [0.2, 0.25) is 10.0 Å². The van der Waals surface area contributed by atoms with Gasteiger partial charge in [0.1, 0.15) is 5.82 Å². The van der Waals surface area contributed by atoms with Crippen molar-refractivity contribution in [2.45, 2.75) is 0 Å². The number of hydrogen-bond acceptors (Lipinski definition) is 4. The molecule has 0 aliphatic heterocycles. The second kappa shape index (κ2) is 4.91. The molecule has 3 rings (SSSR count). The van der Waals surface area contributed by atoms with Gasteiger partial charge in [-0.05, 0) is 18.2 Å². The lowest BCUT2D eigenvalue weighted by atomic mass is 10.1. The Kier molecular flexibility index (Phi) is 3.19. The summed E-state index contributed by atoms with van der Waals surface area (Å²) in [4.78, 5) is 17.7. The monoisotopic (exact) mass is 322 g/mol. The highest BCUT2D eigenvalue weighted by Crippen LogP contribution is 2.32. The minimum absolute atomic E-state index is 0.0595. The van der Waals surface area contributed by atoms with E-state index >= 15 is 0 Å². The Morgan fingerprint density at radius 1 is 1.19 bits per heavy atom. The smallest absolute Gasteiger partial charge is 0.270 e. The van der Waals surface area contributed by atoms with E-state index in [0.29, 0.717) is 38.2 Å². The van der Waals surface area contributed by atoms with Crippen LogP contribution in [-0.4, -0.2) is 14.9 Å². The summed E-state index contributed by atoms with van der Waals surface area (Å²) in [6.45, 7) is 0. The lowest BCUT2D eigenvalue weighted by molar-refractivity contribution is -0.384. The average molecular weight is 323 g/mol. The molecular formula is C13H8Cl2N4O2. The molecule has 0 saturated carbocycles. The van der Waals surface area contributed by atoms with E-state index in [0.717, 1.165) is 0 Å². The Morgan fingerprint density at radius 3 is 2.62 bits per heavy atom. The van der Waals surface area contributed by atoms with Gasteiger partial charge in [-0.25, -0.2) is 4.98 Å². The molecule has 3 N–H and O–H groups in total. The molecule has 1 heterocycles. The second-order valence-corrected chi connectivity index (χ2v) is 5.21. The normalized spacial score (nSPS) is 11.0. The molecule has 0 bridgehead atoms. The maximum absolute atomic E-state index is 10.9. The zero-order valence-corrected chi connectivity index (χ0v) is 11.9. The van der Waals surface area contributed by atoms with E-state index in [1.54, 1.807) is 12.1 Å². The predicted molar refractivity (Wildman–Crippen MR) is 82.6 cm³/mol. The number of hydrogen-bond donors (Lipinski definition) is 2. The molecule has 0 saturated heterocycles. The van der Waals surface area contributed by atoms with Crippen LogP contribution < -0.4 is 5.73 Å². The molecule has 106 valence electrons. The number of aromatic nitrogens is 2. The molecule has 6 nitrogen and oxygen atoms in total. The number of nitrogens with zero attached hydrogens (tertiary/aromatic N) is 2. The summed E-state index contributed by atoms with van der Waals surface area (Å²) in [5, 5.41) is 11.6. The molecule has 0 fully saturated rings. The molecule has 21 heavy (non-hydrogen) atoms. The number of fused-ring (bicyclic) bond motifs is 1. The number of H-pyrrole nitrogens is 1. The first-order valence-corrected chi connectivity index (χ1v) is 6.60. The molecule has 0 atom stereocenters. The first kappa shape index (κ1) is 13.7. The number of nitro benzene ring substituents is 1. The van der Waals surface area contributed by atoms with Crippen molar-refractivity contribution in [3.05, 3.63) is 50.5 Å². The van der Waals surface area contributed by atoms with Gasteiger partial charge >= 0.3 is 0 Å². The number of anilines is 1. The summed E-state index contributed by atoms with van der Waals surface area (Å²) in [7, 11) is 0. The van der Waals surface area contributed by atoms with Crippen LogP contribution in [0.1, 0.15) is 0 Å². The molecule has 1 aromatic heterocycles. The van der Waals surface area contributed by atoms with Crippen molar-refractivity contribution < 1.29 is 4.92 Å². The fraction of sp³-hybridized carbons (Fsp3) is 0. The summed E-state index contributed by atoms with van der Waals surface area (Å²) in [5.74, 6) is 0.421. The largest absolute Gasteiger partial charge is 0.398 e.